The highest BCUT2D eigenvalue weighted by atomic mass is 16.1. The third-order valence-electron chi connectivity index (χ3n) is 7.47. The summed E-state index contributed by atoms with van der Waals surface area (Å²) >= 11 is 0. The average Bonchev–Trinajstić information content (AvgIpc) is 2.87. The number of fused-ring (bicyclic) bond motifs is 2. The molecule has 1 N–H and O–H groups in total. The van der Waals surface area contributed by atoms with E-state index in [4.69, 9.17) is 4.98 Å². The van der Waals surface area contributed by atoms with Gasteiger partial charge in [-0.25, -0.2) is 9.97 Å². The molecule has 3 heterocycles. The van der Waals surface area contributed by atoms with Gasteiger partial charge in [0.25, 0.3) is 5.91 Å². The zero-order valence-corrected chi connectivity index (χ0v) is 20.3. The summed E-state index contributed by atoms with van der Waals surface area (Å²) in [4.78, 5) is 29.2. The Balaban J connectivity index is 1.08. The van der Waals surface area contributed by atoms with Crippen molar-refractivity contribution in [2.75, 3.05) is 13.1 Å². The van der Waals surface area contributed by atoms with Crippen LogP contribution >= 0.6 is 0 Å². The normalized spacial score (nSPS) is 20.9. The molecule has 0 saturated heterocycles. The minimum atomic E-state index is 0.0249. The predicted octanol–water partition coefficient (Wildman–Crippen LogP) is 4.89. The second-order valence-corrected chi connectivity index (χ2v) is 10.2. The van der Waals surface area contributed by atoms with Gasteiger partial charge in [0.1, 0.15) is 5.82 Å². The molecule has 1 amide bonds. The van der Waals surface area contributed by atoms with E-state index >= 15 is 0 Å². The first-order valence-electron chi connectivity index (χ1n) is 12.8. The zero-order chi connectivity index (χ0) is 23.5. The number of nitrogens with one attached hydrogen (secondary N) is 1. The molecule has 1 aliphatic heterocycles. The molecule has 178 valence electrons. The van der Waals surface area contributed by atoms with Crippen LogP contribution in [0.5, 0.6) is 0 Å². The van der Waals surface area contributed by atoms with Gasteiger partial charge in [0.2, 0.25) is 0 Å². The number of rotatable bonds is 6. The van der Waals surface area contributed by atoms with Gasteiger partial charge in [-0.15, -0.1) is 0 Å². The molecule has 1 aliphatic carbocycles. The van der Waals surface area contributed by atoms with Crippen molar-refractivity contribution in [2.24, 2.45) is 5.92 Å². The third kappa shape index (κ3) is 5.12. The van der Waals surface area contributed by atoms with E-state index in [-0.39, 0.29) is 11.9 Å². The highest BCUT2D eigenvalue weighted by Crippen LogP contribution is 2.28. The molecular formula is C28H35N5O. The first kappa shape index (κ1) is 22.9. The number of carbonyl (C=O) groups excluding carboxylic acids is 1. The zero-order valence-electron chi connectivity index (χ0n) is 20.3. The van der Waals surface area contributed by atoms with Gasteiger partial charge < -0.3 is 5.32 Å². The summed E-state index contributed by atoms with van der Waals surface area (Å²) in [5.41, 5.74) is 4.13. The minimum Gasteiger partial charge on any atom is -0.349 e. The van der Waals surface area contributed by atoms with E-state index < -0.39 is 0 Å². The molecule has 1 fully saturated rings. The van der Waals surface area contributed by atoms with Crippen LogP contribution in [0.4, 0.5) is 0 Å². The number of hydrogen-bond donors (Lipinski definition) is 1. The topological polar surface area (TPSA) is 71.0 Å². The van der Waals surface area contributed by atoms with Crippen LogP contribution in [0.3, 0.4) is 0 Å². The van der Waals surface area contributed by atoms with E-state index in [9.17, 15) is 4.79 Å². The first-order valence-corrected chi connectivity index (χ1v) is 12.8. The molecule has 6 nitrogen and oxygen atoms in total. The van der Waals surface area contributed by atoms with Gasteiger partial charge in [-0.3, -0.25) is 14.7 Å². The third-order valence-corrected chi connectivity index (χ3v) is 7.47. The smallest absolute Gasteiger partial charge is 0.252 e. The molecule has 0 bridgehead atoms. The van der Waals surface area contributed by atoms with E-state index in [1.807, 2.05) is 36.5 Å². The van der Waals surface area contributed by atoms with Crippen molar-refractivity contribution in [3.05, 3.63) is 65.4 Å². The monoisotopic (exact) mass is 457 g/mol. The van der Waals surface area contributed by atoms with Crippen molar-refractivity contribution in [3.63, 3.8) is 0 Å². The maximum atomic E-state index is 12.9. The van der Waals surface area contributed by atoms with Crippen LogP contribution in [0.1, 0.15) is 79.3 Å². The lowest BCUT2D eigenvalue weighted by atomic mass is 9.83. The standard InChI is InChI=1S/C28H35N5O/c1-19(2)27-30-17-21-18-33(16-13-25(21)32-27)15-12-20-8-10-22(11-9-20)31-28(34)24-5-3-7-26-23(24)6-4-14-29-26/h3-7,14,17,19-20,22H,8-13,15-16,18H2,1-2H3,(H,31,34). The van der Waals surface area contributed by atoms with Gasteiger partial charge in [-0.2, -0.15) is 0 Å². The Kier molecular flexibility index (Phi) is 6.86. The Morgan fingerprint density at radius 2 is 1.97 bits per heavy atom. The number of aromatic nitrogens is 3. The molecule has 2 aliphatic rings. The largest absolute Gasteiger partial charge is 0.349 e. The van der Waals surface area contributed by atoms with Crippen LogP contribution < -0.4 is 5.32 Å². The molecule has 0 unspecified atom stereocenters. The second kappa shape index (κ2) is 10.2. The summed E-state index contributed by atoms with van der Waals surface area (Å²) in [6.07, 6.45) is 10.6. The van der Waals surface area contributed by atoms with Gasteiger partial charge in [0, 0.05) is 66.1 Å². The summed E-state index contributed by atoms with van der Waals surface area (Å²) in [5, 5.41) is 4.21. The van der Waals surface area contributed by atoms with Gasteiger partial charge in [0.15, 0.2) is 0 Å². The Morgan fingerprint density at radius 3 is 2.79 bits per heavy atom. The summed E-state index contributed by atoms with van der Waals surface area (Å²) in [7, 11) is 0. The fourth-order valence-electron chi connectivity index (χ4n) is 5.38. The van der Waals surface area contributed by atoms with Gasteiger partial charge >= 0.3 is 0 Å². The minimum absolute atomic E-state index is 0.0249. The van der Waals surface area contributed by atoms with E-state index in [1.54, 1.807) is 6.20 Å². The number of carbonyl (C=O) groups is 1. The number of amides is 1. The lowest BCUT2D eigenvalue weighted by Gasteiger charge is -2.32. The SMILES string of the molecule is CC(C)c1ncc2c(n1)CCN(CCC1CCC(NC(=O)c3cccc4ncccc34)CC1)C2. The van der Waals surface area contributed by atoms with Crippen LogP contribution in [-0.4, -0.2) is 44.9 Å². The number of pyridine rings is 1. The number of nitrogens with zero attached hydrogens (tertiary/aromatic N) is 4. The van der Waals surface area contributed by atoms with Crippen LogP contribution in [0.15, 0.2) is 42.7 Å². The van der Waals surface area contributed by atoms with Crippen molar-refractivity contribution in [1.82, 2.24) is 25.2 Å². The highest BCUT2D eigenvalue weighted by Gasteiger charge is 2.25. The van der Waals surface area contributed by atoms with E-state index in [2.05, 4.69) is 34.0 Å². The average molecular weight is 458 g/mol. The molecule has 0 atom stereocenters. The molecule has 3 aromatic rings. The number of benzene rings is 1. The molecule has 1 aromatic carbocycles. The van der Waals surface area contributed by atoms with Crippen LogP contribution in [0.25, 0.3) is 10.9 Å². The summed E-state index contributed by atoms with van der Waals surface area (Å²) in [6.45, 7) is 7.50. The predicted molar refractivity (Wildman–Crippen MR) is 135 cm³/mol. The fourth-order valence-corrected chi connectivity index (χ4v) is 5.38. The summed E-state index contributed by atoms with van der Waals surface area (Å²) in [6, 6.07) is 9.90. The molecule has 1 saturated carbocycles. The van der Waals surface area contributed by atoms with Gasteiger partial charge in [-0.05, 0) is 62.8 Å². The van der Waals surface area contributed by atoms with Crippen molar-refractivity contribution >= 4 is 16.8 Å². The quantitative estimate of drug-likeness (QED) is 0.571. The van der Waals surface area contributed by atoms with Crippen LogP contribution in [0.2, 0.25) is 0 Å². The Hall–Kier alpha value is -2.86. The molecule has 6 heteroatoms. The molecule has 2 aromatic heterocycles. The van der Waals surface area contributed by atoms with Crippen molar-refractivity contribution in [2.45, 2.75) is 70.9 Å². The lowest BCUT2D eigenvalue weighted by Crippen LogP contribution is -2.38. The second-order valence-electron chi connectivity index (χ2n) is 10.2. The molecule has 5 rings (SSSR count). The Morgan fingerprint density at radius 1 is 1.12 bits per heavy atom. The maximum absolute atomic E-state index is 12.9. The van der Waals surface area contributed by atoms with Crippen LogP contribution in [-0.2, 0) is 13.0 Å². The van der Waals surface area contributed by atoms with Gasteiger partial charge in [0.05, 0.1) is 5.52 Å². The fraction of sp³-hybridized carbons (Fsp3) is 0.500. The molecule has 0 radical (unpaired) electrons. The molecular weight excluding hydrogens is 422 g/mol. The van der Waals surface area contributed by atoms with E-state index in [0.717, 1.165) is 67.1 Å². The van der Waals surface area contributed by atoms with Crippen LogP contribution in [0, 0.1) is 5.92 Å². The van der Waals surface area contributed by atoms with Crippen molar-refractivity contribution in [3.8, 4) is 0 Å². The molecule has 34 heavy (non-hydrogen) atoms. The van der Waals surface area contributed by atoms with Crippen molar-refractivity contribution in [1.29, 1.82) is 0 Å². The first-order chi connectivity index (χ1) is 16.6. The highest BCUT2D eigenvalue weighted by molar-refractivity contribution is 6.06. The van der Waals surface area contributed by atoms with E-state index in [1.165, 1.54) is 30.5 Å². The Bertz CT molecular complexity index is 1150. The summed E-state index contributed by atoms with van der Waals surface area (Å²) in [5.74, 6) is 2.12. The van der Waals surface area contributed by atoms with Gasteiger partial charge in [-0.1, -0.05) is 26.0 Å². The number of hydrogen-bond acceptors (Lipinski definition) is 5. The van der Waals surface area contributed by atoms with Crippen molar-refractivity contribution < 1.29 is 4.79 Å². The van der Waals surface area contributed by atoms with E-state index in [0.29, 0.717) is 5.92 Å². The molecule has 0 spiro atoms. The lowest BCUT2D eigenvalue weighted by molar-refractivity contribution is 0.0921. The summed E-state index contributed by atoms with van der Waals surface area (Å²) < 4.78 is 0. The maximum Gasteiger partial charge on any atom is 0.252 e. The Labute approximate surface area is 202 Å².